The number of carbonyl (C=O) groups excluding carboxylic acids is 1. The summed E-state index contributed by atoms with van der Waals surface area (Å²) in [6, 6.07) is 14.3. The van der Waals surface area contributed by atoms with E-state index in [9.17, 15) is 9.90 Å². The zero-order valence-corrected chi connectivity index (χ0v) is 16.2. The second-order valence-electron chi connectivity index (χ2n) is 6.79. The van der Waals surface area contributed by atoms with E-state index in [4.69, 9.17) is 14.0 Å². The lowest BCUT2D eigenvalue weighted by Gasteiger charge is -2.21. The largest absolute Gasteiger partial charge is 0.539 e. The Kier molecular flexibility index (Phi) is 5.07. The van der Waals surface area contributed by atoms with Crippen LogP contribution in [-0.2, 0) is 6.54 Å². The number of ether oxygens (including phenoxy) is 2. The van der Waals surface area contributed by atoms with Crippen LogP contribution in [-0.4, -0.2) is 36.3 Å². The lowest BCUT2D eigenvalue weighted by atomic mass is 10.1. The fraction of sp³-hybridized carbons (Fsp3) is 0.286. The monoisotopic (exact) mass is 395 g/mol. The first-order valence-corrected chi connectivity index (χ1v) is 9.28. The summed E-state index contributed by atoms with van der Waals surface area (Å²) >= 11 is 0. The Balaban J connectivity index is 1.65. The van der Waals surface area contributed by atoms with Gasteiger partial charge in [-0.1, -0.05) is 18.2 Å². The Labute approximate surface area is 167 Å². The summed E-state index contributed by atoms with van der Waals surface area (Å²) in [7, 11) is 3.06. The number of hydrogen-bond donors (Lipinski definition) is 0. The van der Waals surface area contributed by atoms with Crippen molar-refractivity contribution in [1.29, 1.82) is 0 Å². The molecule has 8 heteroatoms. The summed E-state index contributed by atoms with van der Waals surface area (Å²) in [6.07, 6.45) is 1.79. The lowest BCUT2D eigenvalue weighted by molar-refractivity contribution is -0.678. The van der Waals surface area contributed by atoms with E-state index in [0.717, 1.165) is 12.8 Å². The van der Waals surface area contributed by atoms with E-state index >= 15 is 0 Å². The van der Waals surface area contributed by atoms with Crippen molar-refractivity contribution in [3.63, 3.8) is 0 Å². The van der Waals surface area contributed by atoms with Gasteiger partial charge in [0.1, 0.15) is 6.54 Å². The van der Waals surface area contributed by atoms with Gasteiger partial charge in [0.2, 0.25) is 5.69 Å². The highest BCUT2D eigenvalue weighted by atomic mass is 16.6. The molecule has 1 heterocycles. The third kappa shape index (κ3) is 3.73. The van der Waals surface area contributed by atoms with Gasteiger partial charge in [-0.15, -0.1) is 0 Å². The van der Waals surface area contributed by atoms with Crippen LogP contribution in [0.4, 0.5) is 0 Å². The van der Waals surface area contributed by atoms with Crippen LogP contribution < -0.4 is 19.3 Å². The van der Waals surface area contributed by atoms with Crippen molar-refractivity contribution in [3.8, 4) is 23.1 Å². The molecule has 1 fully saturated rings. The molecule has 1 amide bonds. The molecule has 2 aromatic carbocycles. The normalized spacial score (nSPS) is 13.2. The second kappa shape index (κ2) is 7.83. The maximum absolute atomic E-state index is 13.2. The number of nitrogens with zero attached hydrogens (tertiary/aromatic N) is 3. The molecule has 1 aliphatic rings. The van der Waals surface area contributed by atoms with Crippen molar-refractivity contribution in [2.24, 2.45) is 0 Å². The Bertz CT molecular complexity index is 1010. The van der Waals surface area contributed by atoms with Gasteiger partial charge in [0.05, 0.1) is 19.5 Å². The highest BCUT2D eigenvalue weighted by Crippen LogP contribution is 2.33. The molecular weight excluding hydrogens is 374 g/mol. The molecule has 1 aromatic heterocycles. The molecule has 0 saturated heterocycles. The van der Waals surface area contributed by atoms with Gasteiger partial charge in [-0.25, -0.2) is 0 Å². The number of benzene rings is 2. The van der Waals surface area contributed by atoms with Crippen LogP contribution in [0.15, 0.2) is 53.1 Å². The van der Waals surface area contributed by atoms with Crippen molar-refractivity contribution in [2.45, 2.75) is 25.4 Å². The summed E-state index contributed by atoms with van der Waals surface area (Å²) in [6.45, 7) is 0.106. The highest BCUT2D eigenvalue weighted by molar-refractivity contribution is 5.95. The van der Waals surface area contributed by atoms with Crippen LogP contribution in [0.2, 0.25) is 0 Å². The predicted molar refractivity (Wildman–Crippen MR) is 99.9 cm³/mol. The molecule has 0 atom stereocenters. The fourth-order valence-corrected chi connectivity index (χ4v) is 3.22. The molecule has 1 aliphatic carbocycles. The van der Waals surface area contributed by atoms with Crippen LogP contribution in [0.25, 0.3) is 5.69 Å². The molecular formula is C21H21N3O5. The summed E-state index contributed by atoms with van der Waals surface area (Å²) < 4.78 is 16.9. The predicted octanol–water partition coefficient (Wildman–Crippen LogP) is 1.85. The van der Waals surface area contributed by atoms with E-state index in [2.05, 4.69) is 5.27 Å². The summed E-state index contributed by atoms with van der Waals surface area (Å²) in [5, 5.41) is 16.2. The maximum Gasteiger partial charge on any atom is 0.259 e. The second-order valence-corrected chi connectivity index (χ2v) is 6.79. The first-order valence-electron chi connectivity index (χ1n) is 9.28. The molecule has 150 valence electrons. The number of para-hydroxylation sites is 1. The Morgan fingerprint density at radius 3 is 2.55 bits per heavy atom. The third-order valence-corrected chi connectivity index (χ3v) is 4.90. The van der Waals surface area contributed by atoms with E-state index in [1.165, 1.54) is 11.8 Å². The molecule has 0 spiro atoms. The first kappa shape index (κ1) is 18.8. The zero-order chi connectivity index (χ0) is 20.4. The molecule has 0 bridgehead atoms. The highest BCUT2D eigenvalue weighted by Gasteiger charge is 2.36. The van der Waals surface area contributed by atoms with Crippen molar-refractivity contribution >= 4 is 5.91 Å². The summed E-state index contributed by atoms with van der Waals surface area (Å²) in [5.41, 5.74) is 1.46. The number of amides is 1. The van der Waals surface area contributed by atoms with E-state index in [1.54, 1.807) is 30.2 Å². The number of hydrogen-bond acceptors (Lipinski definition) is 6. The van der Waals surface area contributed by atoms with Gasteiger partial charge in [0, 0.05) is 23.7 Å². The van der Waals surface area contributed by atoms with Gasteiger partial charge in [0.25, 0.3) is 11.6 Å². The molecule has 0 unspecified atom stereocenters. The van der Waals surface area contributed by atoms with Crippen LogP contribution in [0.1, 0.15) is 28.9 Å². The topological polar surface area (TPSA) is 91.7 Å². The van der Waals surface area contributed by atoms with Crippen LogP contribution >= 0.6 is 0 Å². The van der Waals surface area contributed by atoms with Gasteiger partial charge in [-0.3, -0.25) is 4.79 Å². The molecule has 3 aromatic rings. The van der Waals surface area contributed by atoms with Crippen LogP contribution in [0.5, 0.6) is 17.4 Å². The quantitative estimate of drug-likeness (QED) is 0.567. The molecule has 4 rings (SSSR count). The summed E-state index contributed by atoms with van der Waals surface area (Å²) in [4.78, 5) is 14.9. The molecule has 0 radical (unpaired) electrons. The molecule has 0 N–H and O–H groups in total. The average Bonchev–Trinajstić information content (AvgIpc) is 3.54. The van der Waals surface area contributed by atoms with E-state index in [1.807, 2.05) is 30.3 Å². The third-order valence-electron chi connectivity index (χ3n) is 4.90. The van der Waals surface area contributed by atoms with E-state index in [0.29, 0.717) is 28.4 Å². The molecule has 8 nitrogen and oxygen atoms in total. The minimum Gasteiger partial charge on any atom is -0.539 e. The van der Waals surface area contributed by atoms with Gasteiger partial charge < -0.3 is 24.0 Å². The number of aromatic nitrogens is 2. The number of rotatable bonds is 7. The Morgan fingerprint density at radius 1 is 1.17 bits per heavy atom. The minimum absolute atomic E-state index is 0.0779. The standard InChI is InChI=1S/C21H21N3O5/c1-27-18-11-8-14(12-19(18)28-2)20(25)23(15-9-10-15)13-17-21(26)29-22-24(17)16-6-4-3-5-7-16/h3-8,11-12,15H,9-10,13H2,1-2H3. The van der Waals surface area contributed by atoms with Crippen molar-refractivity contribution in [3.05, 3.63) is 59.8 Å². The first-order chi connectivity index (χ1) is 14.1. The van der Waals surface area contributed by atoms with Crippen molar-refractivity contribution in [2.75, 3.05) is 14.2 Å². The van der Waals surface area contributed by atoms with Crippen molar-refractivity contribution < 1.29 is 28.6 Å². The number of methoxy groups -OCH3 is 2. The number of carbonyl (C=O) groups is 1. The molecule has 1 saturated carbocycles. The molecule has 0 aliphatic heterocycles. The minimum atomic E-state index is -0.556. The SMILES string of the molecule is COc1ccc(C(=O)N(Cc2c([O-])on[n+]2-c2ccccc2)C2CC2)cc1OC. The van der Waals surface area contributed by atoms with Gasteiger partial charge in [0.15, 0.2) is 17.4 Å². The van der Waals surface area contributed by atoms with E-state index in [-0.39, 0.29) is 18.5 Å². The van der Waals surface area contributed by atoms with Gasteiger partial charge in [-0.2, -0.15) is 0 Å². The van der Waals surface area contributed by atoms with Crippen LogP contribution in [0.3, 0.4) is 0 Å². The maximum atomic E-state index is 13.2. The lowest BCUT2D eigenvalue weighted by Crippen LogP contribution is -2.42. The van der Waals surface area contributed by atoms with E-state index < -0.39 is 5.95 Å². The Morgan fingerprint density at radius 2 is 1.90 bits per heavy atom. The smallest absolute Gasteiger partial charge is 0.259 e. The Hall–Kier alpha value is -3.55. The summed E-state index contributed by atoms with van der Waals surface area (Å²) in [5.74, 6) is 0.279. The fourth-order valence-electron chi connectivity index (χ4n) is 3.22. The zero-order valence-electron chi connectivity index (χ0n) is 16.2. The van der Waals surface area contributed by atoms with Gasteiger partial charge in [-0.05, 0) is 35.7 Å². The average molecular weight is 395 g/mol. The van der Waals surface area contributed by atoms with Crippen LogP contribution in [0, 0.1) is 0 Å². The molecule has 29 heavy (non-hydrogen) atoms. The van der Waals surface area contributed by atoms with Gasteiger partial charge >= 0.3 is 0 Å². The van der Waals surface area contributed by atoms with Crippen molar-refractivity contribution in [1.82, 2.24) is 10.2 Å².